The number of methoxy groups -OCH3 is 1. The van der Waals surface area contributed by atoms with Gasteiger partial charge in [0.1, 0.15) is 0 Å². The van der Waals surface area contributed by atoms with Gasteiger partial charge in [-0.3, -0.25) is 0 Å². The van der Waals surface area contributed by atoms with Crippen LogP contribution in [0.2, 0.25) is 0 Å². The lowest BCUT2D eigenvalue weighted by Crippen LogP contribution is -2.26. The summed E-state index contributed by atoms with van der Waals surface area (Å²) in [6, 6.07) is 0. The minimum absolute atomic E-state index is 0.427. The van der Waals surface area contributed by atoms with Crippen LogP contribution in [0.3, 0.4) is 0 Å². The van der Waals surface area contributed by atoms with Crippen molar-refractivity contribution in [1.82, 2.24) is 0 Å². The molecule has 1 atom stereocenters. The van der Waals surface area contributed by atoms with Crippen molar-refractivity contribution in [2.45, 2.75) is 12.3 Å². The zero-order chi connectivity index (χ0) is 14.2. The molecule has 1 unspecified atom stereocenters. The van der Waals surface area contributed by atoms with Crippen molar-refractivity contribution in [2.24, 2.45) is 0 Å². The van der Waals surface area contributed by atoms with Crippen LogP contribution in [0, 0.1) is 29.1 Å². The molecule has 1 nitrogen and oxygen atoms in total. The molecule has 0 saturated carbocycles. The Labute approximate surface area is 95.0 Å². The highest BCUT2D eigenvalue weighted by Gasteiger charge is 2.46. The third-order valence-electron chi connectivity index (χ3n) is 2.04. The fourth-order valence-corrected chi connectivity index (χ4v) is 1.27. The summed E-state index contributed by atoms with van der Waals surface area (Å²) in [6.07, 6.45) is -8.57. The van der Waals surface area contributed by atoms with E-state index in [-0.39, 0.29) is 0 Å². The fourth-order valence-electron chi connectivity index (χ4n) is 1.27. The summed E-state index contributed by atoms with van der Waals surface area (Å²) in [5, 5.41) is 0. The summed E-state index contributed by atoms with van der Waals surface area (Å²) in [7, 11) is 0.427. The van der Waals surface area contributed by atoms with Gasteiger partial charge >= 0.3 is 6.18 Å². The molecule has 0 N–H and O–H groups in total. The Morgan fingerprint density at radius 3 is 1.39 bits per heavy atom. The van der Waals surface area contributed by atoms with Crippen LogP contribution in [-0.4, -0.2) is 13.3 Å². The Morgan fingerprint density at radius 1 is 0.778 bits per heavy atom. The summed E-state index contributed by atoms with van der Waals surface area (Å²) in [6.45, 7) is 0. The number of ether oxygens (including phenoxy) is 1. The van der Waals surface area contributed by atoms with Crippen LogP contribution >= 0.6 is 0 Å². The normalized spacial score (nSPS) is 13.8. The van der Waals surface area contributed by atoms with Gasteiger partial charge < -0.3 is 4.74 Å². The van der Waals surface area contributed by atoms with E-state index in [1.807, 2.05) is 0 Å². The fraction of sp³-hybridized carbons (Fsp3) is 0.333. The van der Waals surface area contributed by atoms with Crippen LogP contribution in [0.25, 0.3) is 0 Å². The molecular formula is C9H4F8O. The number of halogens is 8. The van der Waals surface area contributed by atoms with Crippen LogP contribution in [-0.2, 0) is 4.74 Å². The van der Waals surface area contributed by atoms with E-state index in [1.54, 1.807) is 0 Å². The second-order valence-electron chi connectivity index (χ2n) is 3.14. The van der Waals surface area contributed by atoms with E-state index in [9.17, 15) is 35.1 Å². The highest BCUT2D eigenvalue weighted by molar-refractivity contribution is 5.27. The Balaban J connectivity index is 3.59. The molecule has 0 bridgehead atoms. The van der Waals surface area contributed by atoms with E-state index in [4.69, 9.17) is 0 Å². The van der Waals surface area contributed by atoms with Gasteiger partial charge in [0.2, 0.25) is 5.82 Å². The predicted octanol–water partition coefficient (Wildman–Crippen LogP) is 3.63. The average Bonchev–Trinajstić information content (AvgIpc) is 2.27. The smallest absolute Gasteiger partial charge is 0.367 e. The molecule has 18 heavy (non-hydrogen) atoms. The van der Waals surface area contributed by atoms with Crippen LogP contribution in [0.4, 0.5) is 35.1 Å². The number of rotatable bonds is 2. The van der Waals surface area contributed by atoms with E-state index in [2.05, 4.69) is 4.74 Å². The molecule has 0 heterocycles. The van der Waals surface area contributed by atoms with Crippen molar-refractivity contribution in [1.29, 1.82) is 0 Å². The van der Waals surface area contributed by atoms with Crippen molar-refractivity contribution in [2.75, 3.05) is 7.11 Å². The van der Waals surface area contributed by atoms with Gasteiger partial charge in [0, 0.05) is 7.11 Å². The van der Waals surface area contributed by atoms with Crippen molar-refractivity contribution in [3.63, 3.8) is 0 Å². The first-order chi connectivity index (χ1) is 8.12. The minimum atomic E-state index is -5.33. The first kappa shape index (κ1) is 14.7. The molecule has 0 aromatic heterocycles. The lowest BCUT2D eigenvalue weighted by molar-refractivity contribution is -0.217. The lowest BCUT2D eigenvalue weighted by atomic mass is 10.1. The maximum atomic E-state index is 13.1. The number of hydrogen-bond acceptors (Lipinski definition) is 1. The van der Waals surface area contributed by atoms with E-state index < -0.39 is 46.9 Å². The molecular weight excluding hydrogens is 276 g/mol. The molecule has 0 fully saturated rings. The van der Waals surface area contributed by atoms with Crippen molar-refractivity contribution in [3.8, 4) is 0 Å². The van der Waals surface area contributed by atoms with E-state index in [0.29, 0.717) is 7.11 Å². The third-order valence-corrected chi connectivity index (χ3v) is 2.04. The molecule has 0 amide bonds. The summed E-state index contributed by atoms with van der Waals surface area (Å²) in [5.74, 6) is -12.6. The maximum Gasteiger partial charge on any atom is 0.419 e. The molecule has 0 radical (unpaired) electrons. The van der Waals surface area contributed by atoms with Gasteiger partial charge in [0.25, 0.3) is 0 Å². The number of benzene rings is 1. The van der Waals surface area contributed by atoms with E-state index in [0.717, 1.165) is 0 Å². The standard InChI is InChI=1S/C9H4F8O/c1-18-8(9(15,16)17)2-3(10)5(12)7(14)6(13)4(2)11/h8H,1H3. The van der Waals surface area contributed by atoms with Crippen LogP contribution in [0.15, 0.2) is 0 Å². The van der Waals surface area contributed by atoms with Crippen molar-refractivity contribution in [3.05, 3.63) is 34.6 Å². The Kier molecular flexibility index (Phi) is 3.84. The first-order valence-corrected chi connectivity index (χ1v) is 4.23. The number of alkyl halides is 3. The molecule has 0 spiro atoms. The molecule has 102 valence electrons. The predicted molar refractivity (Wildman–Crippen MR) is 42.0 cm³/mol. The van der Waals surface area contributed by atoms with E-state index >= 15 is 0 Å². The molecule has 0 saturated heterocycles. The van der Waals surface area contributed by atoms with Gasteiger partial charge in [-0.05, 0) is 0 Å². The Bertz CT molecular complexity index is 438. The van der Waals surface area contributed by atoms with Crippen molar-refractivity contribution >= 4 is 0 Å². The van der Waals surface area contributed by atoms with Gasteiger partial charge in [-0.15, -0.1) is 0 Å². The molecule has 0 aliphatic carbocycles. The summed E-state index contributed by atoms with van der Waals surface area (Å²) >= 11 is 0. The first-order valence-electron chi connectivity index (χ1n) is 4.23. The largest absolute Gasteiger partial charge is 0.419 e. The van der Waals surface area contributed by atoms with E-state index in [1.165, 1.54) is 0 Å². The Hall–Kier alpha value is -1.38. The van der Waals surface area contributed by atoms with Gasteiger partial charge in [-0.25, -0.2) is 22.0 Å². The summed E-state index contributed by atoms with van der Waals surface area (Å²) < 4.78 is 105. The average molecular weight is 280 g/mol. The van der Waals surface area contributed by atoms with Crippen molar-refractivity contribution < 1.29 is 39.9 Å². The molecule has 0 aliphatic rings. The second kappa shape index (κ2) is 4.71. The monoisotopic (exact) mass is 280 g/mol. The highest BCUT2D eigenvalue weighted by atomic mass is 19.4. The molecule has 1 aromatic rings. The molecule has 1 rings (SSSR count). The van der Waals surface area contributed by atoms with Gasteiger partial charge in [0.05, 0.1) is 5.56 Å². The van der Waals surface area contributed by atoms with Crippen LogP contribution in [0.5, 0.6) is 0 Å². The summed E-state index contributed by atoms with van der Waals surface area (Å²) in [4.78, 5) is 0. The Morgan fingerprint density at radius 2 is 1.11 bits per heavy atom. The quantitative estimate of drug-likeness (QED) is 0.456. The maximum absolute atomic E-state index is 13.1. The molecule has 9 heteroatoms. The third kappa shape index (κ3) is 2.26. The highest BCUT2D eigenvalue weighted by Crippen LogP contribution is 2.39. The zero-order valence-corrected chi connectivity index (χ0v) is 8.51. The summed E-state index contributed by atoms with van der Waals surface area (Å²) in [5.41, 5.74) is -2.07. The van der Waals surface area contributed by atoms with Gasteiger partial charge in [-0.2, -0.15) is 13.2 Å². The number of hydrogen-bond donors (Lipinski definition) is 0. The zero-order valence-electron chi connectivity index (χ0n) is 8.51. The minimum Gasteiger partial charge on any atom is -0.367 e. The van der Waals surface area contributed by atoms with Gasteiger partial charge in [0.15, 0.2) is 29.4 Å². The van der Waals surface area contributed by atoms with Gasteiger partial charge in [-0.1, -0.05) is 0 Å². The van der Waals surface area contributed by atoms with Crippen LogP contribution in [0.1, 0.15) is 11.7 Å². The SMILES string of the molecule is COC(c1c(F)c(F)c(F)c(F)c1F)C(F)(F)F. The lowest BCUT2D eigenvalue weighted by Gasteiger charge is -2.20. The second-order valence-corrected chi connectivity index (χ2v) is 3.14. The molecule has 0 aliphatic heterocycles. The van der Waals surface area contributed by atoms with Crippen LogP contribution < -0.4 is 0 Å². The topological polar surface area (TPSA) is 9.23 Å². The molecule has 1 aromatic carbocycles.